The van der Waals surface area contributed by atoms with Crippen molar-refractivity contribution in [3.05, 3.63) is 24.0 Å². The molecule has 1 fully saturated rings. The molecule has 0 aromatic carbocycles. The Hall–Kier alpha value is -1.13. The third-order valence-corrected chi connectivity index (χ3v) is 3.94. The Balaban J connectivity index is 2.21. The van der Waals surface area contributed by atoms with E-state index in [0.29, 0.717) is 5.92 Å². The fraction of sp³-hybridized carbons (Fsp3) is 0.643. The van der Waals surface area contributed by atoms with Gasteiger partial charge in [0.15, 0.2) is 0 Å². The van der Waals surface area contributed by atoms with Gasteiger partial charge in [-0.1, -0.05) is 19.8 Å². The van der Waals surface area contributed by atoms with Gasteiger partial charge in [0, 0.05) is 6.20 Å². The Morgan fingerprint density at radius 1 is 1.50 bits per heavy atom. The molecule has 0 spiro atoms. The highest BCUT2D eigenvalue weighted by Crippen LogP contribution is 2.38. The lowest BCUT2D eigenvalue weighted by molar-refractivity contribution is 0.218. The minimum Gasteiger partial charge on any atom is -0.495 e. The second kappa shape index (κ2) is 6.16. The van der Waals surface area contributed by atoms with E-state index in [9.17, 15) is 0 Å². The maximum absolute atomic E-state index is 5.76. The van der Waals surface area contributed by atoms with E-state index in [4.69, 9.17) is 10.6 Å². The van der Waals surface area contributed by atoms with E-state index in [1.165, 1.54) is 25.7 Å². The van der Waals surface area contributed by atoms with Crippen LogP contribution in [0.15, 0.2) is 18.3 Å². The summed E-state index contributed by atoms with van der Waals surface area (Å²) in [5.74, 6) is 7.89. The summed E-state index contributed by atoms with van der Waals surface area (Å²) in [6.07, 6.45) is 6.81. The highest BCUT2D eigenvalue weighted by Gasteiger charge is 2.29. The Kier molecular flexibility index (Phi) is 4.55. The van der Waals surface area contributed by atoms with Crippen molar-refractivity contribution < 1.29 is 4.74 Å². The van der Waals surface area contributed by atoms with Gasteiger partial charge in [-0.2, -0.15) is 0 Å². The second-order valence-electron chi connectivity index (χ2n) is 5.27. The van der Waals surface area contributed by atoms with Crippen LogP contribution < -0.4 is 16.0 Å². The van der Waals surface area contributed by atoms with Crippen molar-refractivity contribution in [1.29, 1.82) is 0 Å². The molecule has 18 heavy (non-hydrogen) atoms. The number of hydrogen-bond acceptors (Lipinski definition) is 4. The monoisotopic (exact) mass is 249 g/mol. The molecule has 100 valence electrons. The van der Waals surface area contributed by atoms with Crippen molar-refractivity contribution in [2.75, 3.05) is 7.11 Å². The molecule has 3 N–H and O–H groups in total. The molecule has 1 aromatic rings. The van der Waals surface area contributed by atoms with Gasteiger partial charge in [-0.05, 0) is 36.8 Å². The lowest BCUT2D eigenvalue weighted by Crippen LogP contribution is -2.36. The first-order valence-corrected chi connectivity index (χ1v) is 6.71. The molecule has 0 aliphatic heterocycles. The zero-order chi connectivity index (χ0) is 13.0. The van der Waals surface area contributed by atoms with Gasteiger partial charge in [0.05, 0.1) is 13.2 Å². The molecule has 4 heteroatoms. The molecule has 1 heterocycles. The summed E-state index contributed by atoms with van der Waals surface area (Å²) >= 11 is 0. The van der Waals surface area contributed by atoms with Crippen LogP contribution in [0.3, 0.4) is 0 Å². The van der Waals surface area contributed by atoms with Crippen molar-refractivity contribution >= 4 is 0 Å². The minimum absolute atomic E-state index is 0.0869. The predicted octanol–water partition coefficient (Wildman–Crippen LogP) is 2.42. The quantitative estimate of drug-likeness (QED) is 0.635. The van der Waals surface area contributed by atoms with E-state index in [-0.39, 0.29) is 6.04 Å². The molecule has 0 saturated heterocycles. The topological polar surface area (TPSA) is 60.2 Å². The Morgan fingerprint density at radius 2 is 2.33 bits per heavy atom. The molecule has 0 radical (unpaired) electrons. The fourth-order valence-corrected chi connectivity index (χ4v) is 3.03. The van der Waals surface area contributed by atoms with Crippen molar-refractivity contribution in [3.63, 3.8) is 0 Å². The smallest absolute Gasteiger partial charge is 0.142 e. The van der Waals surface area contributed by atoms with Crippen LogP contribution in [-0.2, 0) is 0 Å². The van der Waals surface area contributed by atoms with Gasteiger partial charge in [-0.25, -0.2) is 0 Å². The number of rotatable bonds is 4. The van der Waals surface area contributed by atoms with Crippen LogP contribution in [0.2, 0.25) is 0 Å². The third kappa shape index (κ3) is 2.82. The summed E-state index contributed by atoms with van der Waals surface area (Å²) in [7, 11) is 1.68. The van der Waals surface area contributed by atoms with Crippen LogP contribution in [0.4, 0.5) is 0 Å². The molecule has 1 aliphatic rings. The zero-order valence-corrected chi connectivity index (χ0v) is 11.2. The molecule has 0 amide bonds. The molecule has 2 rings (SSSR count). The molecule has 1 aliphatic carbocycles. The van der Waals surface area contributed by atoms with Crippen molar-refractivity contribution in [2.45, 2.75) is 38.6 Å². The van der Waals surface area contributed by atoms with Gasteiger partial charge in [-0.15, -0.1) is 0 Å². The number of hydrazine groups is 1. The van der Waals surface area contributed by atoms with Gasteiger partial charge in [-0.3, -0.25) is 16.3 Å². The number of ether oxygens (including phenoxy) is 1. The number of hydrogen-bond donors (Lipinski definition) is 2. The highest BCUT2D eigenvalue weighted by molar-refractivity contribution is 5.30. The molecule has 0 bridgehead atoms. The summed E-state index contributed by atoms with van der Waals surface area (Å²) in [4.78, 5) is 4.45. The fourth-order valence-electron chi connectivity index (χ4n) is 3.03. The zero-order valence-electron chi connectivity index (χ0n) is 11.2. The Bertz CT molecular complexity index is 383. The number of pyridine rings is 1. The van der Waals surface area contributed by atoms with Crippen LogP contribution in [0.1, 0.15) is 44.3 Å². The van der Waals surface area contributed by atoms with Crippen molar-refractivity contribution in [1.82, 2.24) is 10.4 Å². The summed E-state index contributed by atoms with van der Waals surface area (Å²) in [6.45, 7) is 2.31. The molecule has 3 atom stereocenters. The molecular formula is C14H23N3O. The van der Waals surface area contributed by atoms with Gasteiger partial charge in [0.2, 0.25) is 0 Å². The van der Waals surface area contributed by atoms with E-state index < -0.39 is 0 Å². The van der Waals surface area contributed by atoms with Crippen LogP contribution in [-0.4, -0.2) is 12.1 Å². The SMILES string of the molecule is COc1cccnc1C(NN)C1CCCC(C)C1. The largest absolute Gasteiger partial charge is 0.495 e. The predicted molar refractivity (Wildman–Crippen MR) is 72.0 cm³/mol. The second-order valence-corrected chi connectivity index (χ2v) is 5.27. The van der Waals surface area contributed by atoms with E-state index in [1.807, 2.05) is 12.1 Å². The maximum Gasteiger partial charge on any atom is 0.142 e. The lowest BCUT2D eigenvalue weighted by atomic mass is 9.77. The van der Waals surface area contributed by atoms with E-state index in [2.05, 4.69) is 17.3 Å². The molecule has 3 unspecified atom stereocenters. The van der Waals surface area contributed by atoms with Gasteiger partial charge in [0.25, 0.3) is 0 Å². The number of nitrogens with one attached hydrogen (secondary N) is 1. The number of methoxy groups -OCH3 is 1. The standard InChI is InChI=1S/C14H23N3O/c1-10-5-3-6-11(9-10)13(17-15)14-12(18-2)7-4-8-16-14/h4,7-8,10-11,13,17H,3,5-6,9,15H2,1-2H3. The van der Waals surface area contributed by atoms with Crippen LogP contribution in [0.5, 0.6) is 5.75 Å². The van der Waals surface area contributed by atoms with E-state index in [0.717, 1.165) is 17.4 Å². The van der Waals surface area contributed by atoms with E-state index >= 15 is 0 Å². The van der Waals surface area contributed by atoms with Crippen LogP contribution in [0, 0.1) is 11.8 Å². The Morgan fingerprint density at radius 3 is 3.00 bits per heavy atom. The summed E-state index contributed by atoms with van der Waals surface area (Å²) in [5, 5.41) is 0. The average Bonchev–Trinajstić information content (AvgIpc) is 2.40. The third-order valence-electron chi connectivity index (χ3n) is 3.94. The highest BCUT2D eigenvalue weighted by atomic mass is 16.5. The summed E-state index contributed by atoms with van der Waals surface area (Å²) < 4.78 is 5.39. The first kappa shape index (κ1) is 13.3. The summed E-state index contributed by atoms with van der Waals surface area (Å²) in [5.41, 5.74) is 3.87. The number of nitrogens with zero attached hydrogens (tertiary/aromatic N) is 1. The van der Waals surface area contributed by atoms with Crippen LogP contribution in [0.25, 0.3) is 0 Å². The Labute approximate surface area is 109 Å². The molecule has 1 aromatic heterocycles. The first-order chi connectivity index (χ1) is 8.76. The van der Waals surface area contributed by atoms with Gasteiger partial charge >= 0.3 is 0 Å². The average molecular weight is 249 g/mol. The number of aromatic nitrogens is 1. The minimum atomic E-state index is 0.0869. The molecular weight excluding hydrogens is 226 g/mol. The molecule has 4 nitrogen and oxygen atoms in total. The maximum atomic E-state index is 5.76. The normalized spacial score (nSPS) is 25.7. The van der Waals surface area contributed by atoms with Crippen molar-refractivity contribution in [2.24, 2.45) is 17.7 Å². The van der Waals surface area contributed by atoms with Crippen molar-refractivity contribution in [3.8, 4) is 5.75 Å². The first-order valence-electron chi connectivity index (χ1n) is 6.71. The lowest BCUT2D eigenvalue weighted by Gasteiger charge is -2.33. The van der Waals surface area contributed by atoms with Gasteiger partial charge in [0.1, 0.15) is 11.4 Å². The van der Waals surface area contributed by atoms with E-state index in [1.54, 1.807) is 13.3 Å². The van der Waals surface area contributed by atoms with Crippen LogP contribution >= 0.6 is 0 Å². The van der Waals surface area contributed by atoms with Gasteiger partial charge < -0.3 is 4.74 Å². The summed E-state index contributed by atoms with van der Waals surface area (Å²) in [6, 6.07) is 3.92. The number of nitrogens with two attached hydrogens (primary N) is 1. The molecule has 1 saturated carbocycles.